The van der Waals surface area contributed by atoms with Crippen LogP contribution in [0.3, 0.4) is 0 Å². The van der Waals surface area contributed by atoms with Crippen molar-refractivity contribution in [3.63, 3.8) is 0 Å². The number of sulfonamides is 1. The zero-order chi connectivity index (χ0) is 23.8. The van der Waals surface area contributed by atoms with E-state index in [1.54, 1.807) is 13.8 Å². The second-order valence-corrected chi connectivity index (χ2v) is 9.74. The van der Waals surface area contributed by atoms with E-state index < -0.39 is 45.1 Å². The van der Waals surface area contributed by atoms with E-state index in [0.717, 1.165) is 17.0 Å². The highest BCUT2D eigenvalue weighted by Crippen LogP contribution is 2.32. The van der Waals surface area contributed by atoms with Crippen LogP contribution in [0.2, 0.25) is 0 Å². The zero-order valence-electron chi connectivity index (χ0n) is 17.9. The van der Waals surface area contributed by atoms with Gasteiger partial charge in [0.15, 0.2) is 0 Å². The molecule has 2 aromatic rings. The highest BCUT2D eigenvalue weighted by atomic mass is 32.2. The van der Waals surface area contributed by atoms with Gasteiger partial charge in [0, 0.05) is 11.1 Å². The van der Waals surface area contributed by atoms with Gasteiger partial charge >= 0.3 is 0 Å². The van der Waals surface area contributed by atoms with Gasteiger partial charge in [0.1, 0.15) is 11.9 Å². The van der Waals surface area contributed by atoms with Gasteiger partial charge in [-0.05, 0) is 68.8 Å². The van der Waals surface area contributed by atoms with Gasteiger partial charge in [-0.2, -0.15) is 0 Å². The normalized spacial score (nSPS) is 17.0. The predicted octanol–water partition coefficient (Wildman–Crippen LogP) is 2.44. The number of nitrogens with zero attached hydrogens (tertiary/aromatic N) is 2. The lowest BCUT2D eigenvalue weighted by Crippen LogP contribution is -2.55. The van der Waals surface area contributed by atoms with Crippen LogP contribution in [0.1, 0.15) is 44.0 Å². The van der Waals surface area contributed by atoms with E-state index in [-0.39, 0.29) is 22.6 Å². The minimum Gasteiger partial charge on any atom is -0.321 e. The topological polar surface area (TPSA) is 118 Å². The molecule has 2 N–H and O–H groups in total. The maximum Gasteiger partial charge on any atom is 0.257 e. The van der Waals surface area contributed by atoms with Crippen LogP contribution in [0, 0.1) is 5.82 Å². The molecule has 10 heteroatoms. The summed E-state index contributed by atoms with van der Waals surface area (Å²) in [5.74, 6) is -2.11. The maximum atomic E-state index is 13.3. The summed E-state index contributed by atoms with van der Waals surface area (Å²) in [5.41, 5.74) is -0.401. The number of imide groups is 1. The van der Waals surface area contributed by atoms with Crippen LogP contribution in [0.5, 0.6) is 0 Å². The molecule has 0 aromatic heterocycles. The van der Waals surface area contributed by atoms with E-state index in [2.05, 4.69) is 0 Å². The number of benzene rings is 2. The highest BCUT2D eigenvalue weighted by Gasteiger charge is 2.48. The molecule has 1 heterocycles. The van der Waals surface area contributed by atoms with Gasteiger partial charge in [-0.25, -0.2) is 22.8 Å². The fourth-order valence-electron chi connectivity index (χ4n) is 3.61. The molecule has 0 aliphatic carbocycles. The summed E-state index contributed by atoms with van der Waals surface area (Å²) in [4.78, 5) is 41.6. The first-order chi connectivity index (χ1) is 14.9. The van der Waals surface area contributed by atoms with E-state index >= 15 is 0 Å². The number of hydrogen-bond donors (Lipinski definition) is 1. The van der Waals surface area contributed by atoms with Crippen LogP contribution in [-0.2, 0) is 19.6 Å². The summed E-state index contributed by atoms with van der Waals surface area (Å²) in [5, 5.41) is 5.09. The molecular weight excluding hydrogens is 437 g/mol. The van der Waals surface area contributed by atoms with Gasteiger partial charge in [0.2, 0.25) is 15.9 Å². The lowest BCUT2D eigenvalue weighted by molar-refractivity contribution is -0.123. The number of halogens is 1. The molecule has 1 atom stereocenters. The van der Waals surface area contributed by atoms with Crippen molar-refractivity contribution in [1.82, 2.24) is 4.90 Å². The van der Waals surface area contributed by atoms with E-state index in [4.69, 9.17) is 5.14 Å². The summed E-state index contributed by atoms with van der Waals surface area (Å²) in [7, 11) is -3.93. The summed E-state index contributed by atoms with van der Waals surface area (Å²) < 4.78 is 36.3. The number of carbonyl (C=O) groups excluding carboxylic acids is 3. The first-order valence-electron chi connectivity index (χ1n) is 9.95. The van der Waals surface area contributed by atoms with Gasteiger partial charge in [-0.15, -0.1) is 0 Å². The lowest BCUT2D eigenvalue weighted by atomic mass is 9.94. The van der Waals surface area contributed by atoms with Crippen LogP contribution in [0.4, 0.5) is 10.1 Å². The standard InChI is InChI=1S/C22H24FN3O5S/c1-4-22(2,3)26(20(28)14-5-7-15(23)8-6-14)18-13-19(27)25(21(18)29)16-9-11-17(12-10-16)32(24,30)31/h5-12,18H,4,13H2,1-3H3,(H2,24,30,31). The molecule has 170 valence electrons. The summed E-state index contributed by atoms with van der Waals surface area (Å²) in [6, 6.07) is 8.96. The van der Waals surface area contributed by atoms with Crippen molar-refractivity contribution in [3.05, 3.63) is 59.9 Å². The Bertz CT molecular complexity index is 1160. The van der Waals surface area contributed by atoms with Crippen molar-refractivity contribution in [3.8, 4) is 0 Å². The van der Waals surface area contributed by atoms with Gasteiger partial charge in [0.05, 0.1) is 17.0 Å². The molecule has 1 aliphatic heterocycles. The quantitative estimate of drug-likeness (QED) is 0.663. The SMILES string of the molecule is CCC(C)(C)N(C(=O)c1ccc(F)cc1)C1CC(=O)N(c2ccc(S(N)(=O)=O)cc2)C1=O. The van der Waals surface area contributed by atoms with Crippen LogP contribution in [0.15, 0.2) is 53.4 Å². The average Bonchev–Trinajstić information content (AvgIpc) is 3.01. The second-order valence-electron chi connectivity index (χ2n) is 8.17. The third-order valence-corrected chi connectivity index (χ3v) is 6.61. The van der Waals surface area contributed by atoms with E-state index in [9.17, 15) is 27.2 Å². The molecule has 8 nitrogen and oxygen atoms in total. The van der Waals surface area contributed by atoms with Crippen molar-refractivity contribution < 1.29 is 27.2 Å². The van der Waals surface area contributed by atoms with Crippen LogP contribution in [0.25, 0.3) is 0 Å². The van der Waals surface area contributed by atoms with E-state index in [1.807, 2.05) is 6.92 Å². The van der Waals surface area contributed by atoms with Gasteiger partial charge in [-0.1, -0.05) is 6.92 Å². The Hall–Kier alpha value is -3.11. The Morgan fingerprint density at radius 3 is 2.19 bits per heavy atom. The van der Waals surface area contributed by atoms with Crippen molar-refractivity contribution in [2.75, 3.05) is 4.90 Å². The number of carbonyl (C=O) groups is 3. The highest BCUT2D eigenvalue weighted by molar-refractivity contribution is 7.89. The molecule has 1 unspecified atom stereocenters. The number of amides is 3. The largest absolute Gasteiger partial charge is 0.321 e. The zero-order valence-corrected chi connectivity index (χ0v) is 18.7. The Morgan fingerprint density at radius 2 is 1.69 bits per heavy atom. The summed E-state index contributed by atoms with van der Waals surface area (Å²) >= 11 is 0. The molecule has 3 rings (SSSR count). The molecule has 1 aliphatic rings. The Balaban J connectivity index is 1.98. The first kappa shape index (κ1) is 23.6. The van der Waals surface area contributed by atoms with Crippen molar-refractivity contribution in [2.45, 2.75) is 50.1 Å². The molecule has 0 saturated carbocycles. The molecule has 0 spiro atoms. The molecule has 3 amide bonds. The van der Waals surface area contributed by atoms with Gasteiger partial charge in [0.25, 0.3) is 11.8 Å². The van der Waals surface area contributed by atoms with Crippen LogP contribution >= 0.6 is 0 Å². The fraction of sp³-hybridized carbons (Fsp3) is 0.318. The Kier molecular flexibility index (Phi) is 6.21. The van der Waals surface area contributed by atoms with Crippen molar-refractivity contribution in [1.29, 1.82) is 0 Å². The minimum absolute atomic E-state index is 0.155. The second kappa shape index (κ2) is 8.44. The molecule has 0 bridgehead atoms. The first-order valence-corrected chi connectivity index (χ1v) is 11.5. The number of nitrogens with two attached hydrogens (primary N) is 1. The summed E-state index contributed by atoms with van der Waals surface area (Å²) in [6.07, 6.45) is 0.271. The number of anilines is 1. The number of primary sulfonamides is 1. The van der Waals surface area contributed by atoms with E-state index in [1.165, 1.54) is 41.3 Å². The predicted molar refractivity (Wildman–Crippen MR) is 116 cm³/mol. The monoisotopic (exact) mass is 461 g/mol. The fourth-order valence-corrected chi connectivity index (χ4v) is 4.13. The average molecular weight is 462 g/mol. The number of rotatable bonds is 6. The van der Waals surface area contributed by atoms with Crippen molar-refractivity contribution >= 4 is 33.4 Å². The van der Waals surface area contributed by atoms with Crippen LogP contribution < -0.4 is 10.0 Å². The Labute approximate surface area is 185 Å². The van der Waals surface area contributed by atoms with Gasteiger partial charge < -0.3 is 4.90 Å². The van der Waals surface area contributed by atoms with Crippen LogP contribution in [-0.4, -0.2) is 42.6 Å². The summed E-state index contributed by atoms with van der Waals surface area (Å²) in [6.45, 7) is 5.43. The minimum atomic E-state index is -3.93. The molecule has 1 saturated heterocycles. The molecule has 2 aromatic carbocycles. The van der Waals surface area contributed by atoms with Crippen molar-refractivity contribution in [2.24, 2.45) is 5.14 Å². The van der Waals surface area contributed by atoms with Gasteiger partial charge in [-0.3, -0.25) is 14.4 Å². The lowest BCUT2D eigenvalue weighted by Gasteiger charge is -2.41. The smallest absolute Gasteiger partial charge is 0.257 e. The Morgan fingerprint density at radius 1 is 1.12 bits per heavy atom. The molecule has 32 heavy (non-hydrogen) atoms. The molecule has 0 radical (unpaired) electrons. The molecular formula is C22H24FN3O5S. The third-order valence-electron chi connectivity index (χ3n) is 5.69. The molecule has 1 fully saturated rings. The maximum absolute atomic E-state index is 13.3. The number of hydrogen-bond acceptors (Lipinski definition) is 5. The third kappa shape index (κ3) is 4.42. The van der Waals surface area contributed by atoms with E-state index in [0.29, 0.717) is 6.42 Å².